The van der Waals surface area contributed by atoms with Crippen LogP contribution in [0.15, 0.2) is 52.9 Å². The number of aliphatic hydroxyl groups is 1. The number of likely N-dealkylation sites (tertiary alicyclic amines) is 1. The van der Waals surface area contributed by atoms with Crippen molar-refractivity contribution >= 4 is 16.9 Å². The molecule has 1 atom stereocenters. The van der Waals surface area contributed by atoms with Crippen molar-refractivity contribution in [3.8, 4) is 17.1 Å². The number of rotatable bonds is 8. The minimum atomic E-state index is -0.562. The van der Waals surface area contributed by atoms with Crippen LogP contribution < -0.4 is 4.74 Å². The Balaban J connectivity index is 1.59. The van der Waals surface area contributed by atoms with Crippen LogP contribution in [0.3, 0.4) is 0 Å². The second-order valence-electron chi connectivity index (χ2n) is 7.52. The molecule has 1 N–H and O–H groups in total. The molecule has 0 saturated carbocycles. The first-order chi connectivity index (χ1) is 14.7. The van der Waals surface area contributed by atoms with Crippen molar-refractivity contribution in [2.45, 2.75) is 25.9 Å². The zero-order chi connectivity index (χ0) is 20.9. The maximum Gasteiger partial charge on any atom is 0.342 e. The average molecular weight is 409 g/mol. The van der Waals surface area contributed by atoms with Crippen LogP contribution >= 0.6 is 0 Å². The number of hydrogen-bond donors (Lipinski definition) is 1. The fourth-order valence-corrected chi connectivity index (χ4v) is 3.87. The summed E-state index contributed by atoms with van der Waals surface area (Å²) in [5, 5.41) is 10.9. The monoisotopic (exact) mass is 409 g/mol. The highest BCUT2D eigenvalue weighted by Gasteiger charge is 2.24. The molecule has 3 aromatic rings. The Morgan fingerprint density at radius 1 is 1.17 bits per heavy atom. The van der Waals surface area contributed by atoms with E-state index in [0.29, 0.717) is 34.6 Å². The first-order valence-electron chi connectivity index (χ1n) is 10.5. The van der Waals surface area contributed by atoms with Crippen LogP contribution in [0.2, 0.25) is 0 Å². The van der Waals surface area contributed by atoms with Crippen molar-refractivity contribution in [3.05, 3.63) is 54.1 Å². The molecular weight excluding hydrogens is 382 g/mol. The minimum absolute atomic E-state index is 0.195. The van der Waals surface area contributed by atoms with Gasteiger partial charge >= 0.3 is 5.97 Å². The van der Waals surface area contributed by atoms with Crippen molar-refractivity contribution in [1.29, 1.82) is 0 Å². The molecule has 1 saturated heterocycles. The van der Waals surface area contributed by atoms with Crippen molar-refractivity contribution in [2.75, 3.05) is 32.8 Å². The number of furan rings is 1. The van der Waals surface area contributed by atoms with Gasteiger partial charge in [-0.25, -0.2) is 4.79 Å². The number of aliphatic hydroxyl groups excluding tert-OH is 1. The maximum atomic E-state index is 12.7. The van der Waals surface area contributed by atoms with Crippen LogP contribution in [-0.2, 0) is 4.74 Å². The highest BCUT2D eigenvalue weighted by molar-refractivity contribution is 6.09. The maximum absolute atomic E-state index is 12.7. The van der Waals surface area contributed by atoms with Crippen LogP contribution in [0.4, 0.5) is 0 Å². The Hall–Kier alpha value is -2.83. The molecule has 6 nitrogen and oxygen atoms in total. The number of carbonyl (C=O) groups is 1. The zero-order valence-electron chi connectivity index (χ0n) is 17.2. The number of carbonyl (C=O) groups excluding carboxylic acids is 1. The molecule has 0 spiro atoms. The molecule has 0 bridgehead atoms. The van der Waals surface area contributed by atoms with Crippen LogP contribution in [-0.4, -0.2) is 54.9 Å². The summed E-state index contributed by atoms with van der Waals surface area (Å²) in [5.41, 5.74) is 1.78. The fourth-order valence-electron chi connectivity index (χ4n) is 3.87. The van der Waals surface area contributed by atoms with E-state index in [-0.39, 0.29) is 13.2 Å². The molecule has 1 fully saturated rings. The predicted octanol–water partition coefficient (Wildman–Crippen LogP) is 4.11. The van der Waals surface area contributed by atoms with E-state index in [1.807, 2.05) is 30.3 Å². The summed E-state index contributed by atoms with van der Waals surface area (Å²) in [5.74, 6) is 0.630. The van der Waals surface area contributed by atoms with Gasteiger partial charge < -0.3 is 23.9 Å². The summed E-state index contributed by atoms with van der Waals surface area (Å²) in [7, 11) is 0. The SMILES string of the molecule is CCOC(=O)c1c(-c2ccccc2)oc2ccc(OCC(O)CN3CCCC3)cc12. The molecule has 0 radical (unpaired) electrons. The molecule has 1 aliphatic rings. The summed E-state index contributed by atoms with van der Waals surface area (Å²) in [4.78, 5) is 15.0. The molecule has 6 heteroatoms. The van der Waals surface area contributed by atoms with E-state index in [2.05, 4.69) is 4.90 Å². The first-order valence-corrected chi connectivity index (χ1v) is 10.5. The van der Waals surface area contributed by atoms with E-state index < -0.39 is 12.1 Å². The topological polar surface area (TPSA) is 72.1 Å². The lowest BCUT2D eigenvalue weighted by atomic mass is 10.1. The second kappa shape index (κ2) is 9.32. The van der Waals surface area contributed by atoms with E-state index in [9.17, 15) is 9.90 Å². The summed E-state index contributed by atoms with van der Waals surface area (Å²) < 4.78 is 17.1. The standard InChI is InChI=1S/C24H27NO5/c1-2-28-24(27)22-20-14-19(29-16-18(26)15-25-12-6-7-13-25)10-11-21(20)30-23(22)17-8-4-3-5-9-17/h3-5,8-11,14,18,26H,2,6-7,12-13,15-16H2,1H3. The van der Waals surface area contributed by atoms with Gasteiger partial charge in [-0.2, -0.15) is 0 Å². The van der Waals surface area contributed by atoms with Gasteiger partial charge in [-0.05, 0) is 51.1 Å². The molecule has 0 aliphatic carbocycles. The van der Waals surface area contributed by atoms with Gasteiger partial charge in [-0.15, -0.1) is 0 Å². The molecule has 1 aromatic heterocycles. The van der Waals surface area contributed by atoms with Gasteiger partial charge in [-0.1, -0.05) is 30.3 Å². The number of esters is 1. The molecule has 2 aromatic carbocycles. The highest BCUT2D eigenvalue weighted by atomic mass is 16.5. The molecule has 0 amide bonds. The largest absolute Gasteiger partial charge is 0.491 e. The Morgan fingerprint density at radius 2 is 1.93 bits per heavy atom. The highest BCUT2D eigenvalue weighted by Crippen LogP contribution is 2.36. The Labute approximate surface area is 176 Å². The molecule has 1 aliphatic heterocycles. The van der Waals surface area contributed by atoms with Gasteiger partial charge in [0.05, 0.1) is 6.61 Å². The third-order valence-electron chi connectivity index (χ3n) is 5.28. The average Bonchev–Trinajstić information content (AvgIpc) is 3.40. The van der Waals surface area contributed by atoms with Crippen LogP contribution in [0, 0.1) is 0 Å². The minimum Gasteiger partial charge on any atom is -0.491 e. The van der Waals surface area contributed by atoms with Crippen LogP contribution in [0.5, 0.6) is 5.75 Å². The van der Waals surface area contributed by atoms with E-state index in [0.717, 1.165) is 18.7 Å². The van der Waals surface area contributed by atoms with E-state index in [1.54, 1.807) is 25.1 Å². The Bertz CT molecular complexity index is 992. The Kier molecular flexibility index (Phi) is 6.35. The van der Waals surface area contributed by atoms with Gasteiger partial charge in [0.15, 0.2) is 0 Å². The van der Waals surface area contributed by atoms with Crippen molar-refractivity contribution in [1.82, 2.24) is 4.90 Å². The number of ether oxygens (including phenoxy) is 2. The summed E-state index contributed by atoms with van der Waals surface area (Å²) >= 11 is 0. The zero-order valence-corrected chi connectivity index (χ0v) is 17.2. The lowest BCUT2D eigenvalue weighted by Gasteiger charge is -2.19. The summed E-state index contributed by atoms with van der Waals surface area (Å²) in [6.45, 7) is 4.92. The quantitative estimate of drug-likeness (QED) is 0.565. The van der Waals surface area contributed by atoms with E-state index >= 15 is 0 Å². The number of β-amino-alcohol motifs (C(OH)–C–C–N with tert-alkyl or cyclic N) is 1. The van der Waals surface area contributed by atoms with Crippen LogP contribution in [0.25, 0.3) is 22.3 Å². The fraction of sp³-hybridized carbons (Fsp3) is 0.375. The predicted molar refractivity (Wildman–Crippen MR) is 115 cm³/mol. The third kappa shape index (κ3) is 4.50. The molecule has 1 unspecified atom stereocenters. The molecule has 30 heavy (non-hydrogen) atoms. The van der Waals surface area contributed by atoms with Gasteiger partial charge in [0.2, 0.25) is 0 Å². The number of benzene rings is 2. The Morgan fingerprint density at radius 3 is 2.67 bits per heavy atom. The second-order valence-corrected chi connectivity index (χ2v) is 7.52. The van der Waals surface area contributed by atoms with Crippen molar-refractivity contribution in [2.24, 2.45) is 0 Å². The smallest absolute Gasteiger partial charge is 0.342 e. The van der Waals surface area contributed by atoms with Gasteiger partial charge in [0.1, 0.15) is 35.4 Å². The van der Waals surface area contributed by atoms with E-state index in [1.165, 1.54) is 12.8 Å². The number of nitrogens with zero attached hydrogens (tertiary/aromatic N) is 1. The van der Waals surface area contributed by atoms with Gasteiger partial charge in [0, 0.05) is 17.5 Å². The van der Waals surface area contributed by atoms with Gasteiger partial charge in [-0.3, -0.25) is 0 Å². The molecular formula is C24H27NO5. The van der Waals surface area contributed by atoms with Crippen molar-refractivity contribution < 1.29 is 23.8 Å². The number of fused-ring (bicyclic) bond motifs is 1. The van der Waals surface area contributed by atoms with Crippen LogP contribution in [0.1, 0.15) is 30.1 Å². The molecule has 4 rings (SSSR count). The normalized spacial score (nSPS) is 15.4. The lowest BCUT2D eigenvalue weighted by Crippen LogP contribution is -2.33. The first kappa shape index (κ1) is 20.4. The third-order valence-corrected chi connectivity index (χ3v) is 5.28. The summed E-state index contributed by atoms with van der Waals surface area (Å²) in [6.07, 6.45) is 1.81. The molecule has 2 heterocycles. The lowest BCUT2D eigenvalue weighted by molar-refractivity contribution is 0.0528. The summed E-state index contributed by atoms with van der Waals surface area (Å²) in [6, 6.07) is 14.8. The molecule has 158 valence electrons. The van der Waals surface area contributed by atoms with E-state index in [4.69, 9.17) is 13.9 Å². The van der Waals surface area contributed by atoms with Gasteiger partial charge in [0.25, 0.3) is 0 Å². The van der Waals surface area contributed by atoms with Crippen molar-refractivity contribution in [3.63, 3.8) is 0 Å². The number of hydrogen-bond acceptors (Lipinski definition) is 6.